The highest BCUT2D eigenvalue weighted by atomic mass is 35.5. The molecule has 0 saturated carbocycles. The fourth-order valence-corrected chi connectivity index (χ4v) is 3.09. The molecule has 1 N–H and O–H groups in total. The first-order valence-corrected chi connectivity index (χ1v) is 9.06. The van der Waals surface area contributed by atoms with Gasteiger partial charge in [-0.25, -0.2) is 9.37 Å². The Morgan fingerprint density at radius 3 is 2.52 bits per heavy atom. The van der Waals surface area contributed by atoms with Gasteiger partial charge in [0, 0.05) is 30.4 Å². The third-order valence-corrected chi connectivity index (χ3v) is 4.58. The van der Waals surface area contributed by atoms with Gasteiger partial charge in [0.25, 0.3) is 0 Å². The Morgan fingerprint density at radius 2 is 1.78 bits per heavy atom. The molecular weight excluding hydrogens is 367 g/mol. The second-order valence-electron chi connectivity index (χ2n) is 6.15. The van der Waals surface area contributed by atoms with E-state index < -0.39 is 5.82 Å². The average molecular weight is 385 g/mol. The summed E-state index contributed by atoms with van der Waals surface area (Å²) in [6, 6.07) is 16.3. The third kappa shape index (κ3) is 4.18. The summed E-state index contributed by atoms with van der Waals surface area (Å²) < 4.78 is 18.9. The molecule has 1 aliphatic heterocycles. The monoisotopic (exact) mass is 384 g/mol. The third-order valence-electron chi connectivity index (χ3n) is 4.29. The van der Waals surface area contributed by atoms with Crippen molar-refractivity contribution in [2.75, 3.05) is 36.5 Å². The molecule has 0 bridgehead atoms. The van der Waals surface area contributed by atoms with Crippen LogP contribution in [0.4, 0.5) is 21.8 Å². The van der Waals surface area contributed by atoms with Crippen LogP contribution in [0.15, 0.2) is 54.6 Å². The minimum absolute atomic E-state index is 0.0487. The minimum Gasteiger partial charge on any atom is -0.378 e. The van der Waals surface area contributed by atoms with Gasteiger partial charge in [-0.05, 0) is 18.2 Å². The SMILES string of the molecule is Fc1ccc(Nc2nc(-c3ccccc3)cc(N3CCOCC3)n2)cc1Cl. The molecule has 27 heavy (non-hydrogen) atoms. The van der Waals surface area contributed by atoms with Gasteiger partial charge in [-0.15, -0.1) is 0 Å². The van der Waals surface area contributed by atoms with Gasteiger partial charge in [0.1, 0.15) is 11.6 Å². The summed E-state index contributed by atoms with van der Waals surface area (Å²) in [7, 11) is 0. The number of rotatable bonds is 4. The van der Waals surface area contributed by atoms with Crippen molar-refractivity contribution in [2.45, 2.75) is 0 Å². The van der Waals surface area contributed by atoms with E-state index in [-0.39, 0.29) is 5.02 Å². The predicted octanol–water partition coefficient (Wildman–Crippen LogP) is 4.52. The predicted molar refractivity (Wildman–Crippen MR) is 105 cm³/mol. The standard InChI is InChI=1S/C20H18ClFN4O/c21-16-12-15(6-7-17(16)22)23-20-24-18(14-4-2-1-3-5-14)13-19(25-20)26-8-10-27-11-9-26/h1-7,12-13H,8-11H2,(H,23,24,25). The van der Waals surface area contributed by atoms with E-state index in [4.69, 9.17) is 16.3 Å². The van der Waals surface area contributed by atoms with Crippen LogP contribution < -0.4 is 10.2 Å². The van der Waals surface area contributed by atoms with Crippen LogP contribution in [-0.2, 0) is 4.74 Å². The number of nitrogens with zero attached hydrogens (tertiary/aromatic N) is 3. The quantitative estimate of drug-likeness (QED) is 0.716. The number of morpholine rings is 1. The van der Waals surface area contributed by atoms with Crippen molar-refractivity contribution in [3.8, 4) is 11.3 Å². The molecule has 0 aliphatic carbocycles. The van der Waals surface area contributed by atoms with Gasteiger partial charge >= 0.3 is 0 Å². The maximum absolute atomic E-state index is 13.4. The first-order chi connectivity index (χ1) is 13.2. The summed E-state index contributed by atoms with van der Waals surface area (Å²) in [6.07, 6.45) is 0. The molecule has 4 rings (SSSR count). The highest BCUT2D eigenvalue weighted by Gasteiger charge is 2.16. The summed E-state index contributed by atoms with van der Waals surface area (Å²) in [5, 5.41) is 3.18. The molecule has 1 fully saturated rings. The zero-order chi connectivity index (χ0) is 18.6. The van der Waals surface area contributed by atoms with E-state index in [0.717, 1.165) is 30.2 Å². The largest absolute Gasteiger partial charge is 0.378 e. The smallest absolute Gasteiger partial charge is 0.229 e. The van der Waals surface area contributed by atoms with Crippen LogP contribution in [0.1, 0.15) is 0 Å². The molecule has 5 nitrogen and oxygen atoms in total. The number of hydrogen-bond donors (Lipinski definition) is 1. The zero-order valence-corrected chi connectivity index (χ0v) is 15.3. The molecule has 0 radical (unpaired) electrons. The van der Waals surface area contributed by atoms with Gasteiger partial charge in [-0.1, -0.05) is 41.9 Å². The van der Waals surface area contributed by atoms with Gasteiger partial charge in [-0.2, -0.15) is 4.98 Å². The molecule has 0 atom stereocenters. The van der Waals surface area contributed by atoms with Crippen molar-refractivity contribution in [3.05, 3.63) is 65.4 Å². The molecule has 2 aromatic carbocycles. The fraction of sp³-hybridized carbons (Fsp3) is 0.200. The summed E-state index contributed by atoms with van der Waals surface area (Å²) in [5.41, 5.74) is 2.43. The number of benzene rings is 2. The lowest BCUT2D eigenvalue weighted by molar-refractivity contribution is 0.122. The van der Waals surface area contributed by atoms with Crippen molar-refractivity contribution in [1.29, 1.82) is 0 Å². The number of nitrogens with one attached hydrogen (secondary N) is 1. The molecule has 1 aromatic heterocycles. The Balaban J connectivity index is 1.71. The van der Waals surface area contributed by atoms with E-state index in [0.29, 0.717) is 24.8 Å². The lowest BCUT2D eigenvalue weighted by atomic mass is 10.1. The van der Waals surface area contributed by atoms with Crippen LogP contribution >= 0.6 is 11.6 Å². The van der Waals surface area contributed by atoms with E-state index in [1.807, 2.05) is 36.4 Å². The molecule has 138 valence electrons. The van der Waals surface area contributed by atoms with Crippen LogP contribution in [0.25, 0.3) is 11.3 Å². The minimum atomic E-state index is -0.463. The number of ether oxygens (including phenoxy) is 1. The molecular formula is C20H18ClFN4O. The Labute approximate surface area is 161 Å². The van der Waals surface area contributed by atoms with Crippen LogP contribution in [-0.4, -0.2) is 36.3 Å². The lowest BCUT2D eigenvalue weighted by Gasteiger charge is -2.28. The number of hydrogen-bond acceptors (Lipinski definition) is 5. The normalized spacial score (nSPS) is 14.2. The van der Waals surface area contributed by atoms with Crippen molar-refractivity contribution in [3.63, 3.8) is 0 Å². The summed E-state index contributed by atoms with van der Waals surface area (Å²) in [5.74, 6) is 0.790. The van der Waals surface area contributed by atoms with Gasteiger partial charge in [0.2, 0.25) is 5.95 Å². The van der Waals surface area contributed by atoms with Crippen LogP contribution in [0.2, 0.25) is 5.02 Å². The second kappa shape index (κ2) is 7.90. The maximum Gasteiger partial charge on any atom is 0.229 e. The van der Waals surface area contributed by atoms with Crippen LogP contribution in [0.5, 0.6) is 0 Å². The number of aromatic nitrogens is 2. The van der Waals surface area contributed by atoms with Gasteiger partial charge in [-0.3, -0.25) is 0 Å². The molecule has 0 unspecified atom stereocenters. The van der Waals surface area contributed by atoms with Crippen molar-refractivity contribution in [1.82, 2.24) is 9.97 Å². The van der Waals surface area contributed by atoms with Crippen molar-refractivity contribution >= 4 is 29.1 Å². The Bertz CT molecular complexity index is 933. The molecule has 0 amide bonds. The molecule has 3 aromatic rings. The van der Waals surface area contributed by atoms with E-state index in [9.17, 15) is 4.39 Å². The van der Waals surface area contributed by atoms with E-state index in [2.05, 4.69) is 20.2 Å². The molecule has 2 heterocycles. The van der Waals surface area contributed by atoms with Crippen LogP contribution in [0.3, 0.4) is 0 Å². The average Bonchev–Trinajstić information content (AvgIpc) is 2.72. The first-order valence-electron chi connectivity index (χ1n) is 8.68. The van der Waals surface area contributed by atoms with Crippen molar-refractivity contribution in [2.24, 2.45) is 0 Å². The zero-order valence-electron chi connectivity index (χ0n) is 14.5. The van der Waals surface area contributed by atoms with E-state index in [1.54, 1.807) is 6.07 Å². The summed E-state index contributed by atoms with van der Waals surface area (Å²) in [6.45, 7) is 2.88. The number of halogens is 2. The molecule has 7 heteroatoms. The Morgan fingerprint density at radius 1 is 1.00 bits per heavy atom. The van der Waals surface area contributed by atoms with Gasteiger partial charge in [0.15, 0.2) is 0 Å². The van der Waals surface area contributed by atoms with Gasteiger partial charge in [0.05, 0.1) is 23.9 Å². The first kappa shape index (κ1) is 17.7. The van der Waals surface area contributed by atoms with Crippen molar-refractivity contribution < 1.29 is 9.13 Å². The highest BCUT2D eigenvalue weighted by molar-refractivity contribution is 6.31. The molecule has 1 saturated heterocycles. The highest BCUT2D eigenvalue weighted by Crippen LogP contribution is 2.26. The topological polar surface area (TPSA) is 50.3 Å². The summed E-state index contributed by atoms with van der Waals surface area (Å²) >= 11 is 5.88. The lowest BCUT2D eigenvalue weighted by Crippen LogP contribution is -2.36. The van der Waals surface area contributed by atoms with E-state index >= 15 is 0 Å². The molecule has 1 aliphatic rings. The Kier molecular flexibility index (Phi) is 5.18. The van der Waals surface area contributed by atoms with E-state index in [1.165, 1.54) is 12.1 Å². The van der Waals surface area contributed by atoms with Gasteiger partial charge < -0.3 is 15.0 Å². The second-order valence-corrected chi connectivity index (χ2v) is 6.56. The number of anilines is 3. The fourth-order valence-electron chi connectivity index (χ4n) is 2.90. The van der Waals surface area contributed by atoms with Crippen LogP contribution in [0, 0.1) is 5.82 Å². The maximum atomic E-state index is 13.4. The Hall–Kier alpha value is -2.70. The molecule has 0 spiro atoms. The summed E-state index contributed by atoms with van der Waals surface area (Å²) in [4.78, 5) is 11.4.